The molecule has 9 heteroatoms. The molecule has 3 aromatic rings. The van der Waals surface area contributed by atoms with Crippen molar-refractivity contribution in [1.29, 1.82) is 0 Å². The van der Waals surface area contributed by atoms with Gasteiger partial charge in [0.1, 0.15) is 11.1 Å². The first-order chi connectivity index (χ1) is 10.1. The van der Waals surface area contributed by atoms with E-state index in [2.05, 4.69) is 20.2 Å². The van der Waals surface area contributed by atoms with Crippen LogP contribution in [0.25, 0.3) is 11.0 Å². The van der Waals surface area contributed by atoms with Gasteiger partial charge >= 0.3 is 0 Å². The van der Waals surface area contributed by atoms with Crippen LogP contribution in [-0.4, -0.2) is 25.1 Å². The third kappa shape index (κ3) is 2.20. The summed E-state index contributed by atoms with van der Waals surface area (Å²) in [6, 6.07) is 4.56. The number of nitrogen functional groups attached to an aromatic ring is 1. The van der Waals surface area contributed by atoms with E-state index in [4.69, 9.17) is 10.5 Å². The van der Waals surface area contributed by atoms with E-state index in [0.717, 1.165) is 0 Å². The smallest absolute Gasteiger partial charge is 0.276 e. The molecular formula is C12H10N6O3. The first-order valence-electron chi connectivity index (χ1n) is 5.94. The first-order valence-corrected chi connectivity index (χ1v) is 5.94. The Bertz CT molecular complexity index is 844. The zero-order valence-corrected chi connectivity index (χ0v) is 10.9. The Labute approximate surface area is 117 Å². The van der Waals surface area contributed by atoms with Crippen LogP contribution in [0.15, 0.2) is 24.4 Å². The van der Waals surface area contributed by atoms with E-state index in [9.17, 15) is 10.1 Å². The van der Waals surface area contributed by atoms with Crippen LogP contribution in [0.5, 0.6) is 11.6 Å². The normalized spacial score (nSPS) is 10.7. The number of nitro groups is 1. The second-order valence-electron chi connectivity index (χ2n) is 4.28. The fourth-order valence-electron chi connectivity index (χ4n) is 1.92. The van der Waals surface area contributed by atoms with Crippen LogP contribution in [0.1, 0.15) is 5.56 Å². The number of nitrogens with one attached hydrogen (secondary N) is 1. The molecule has 0 fully saturated rings. The van der Waals surface area contributed by atoms with Crippen molar-refractivity contribution in [3.05, 3.63) is 40.1 Å². The number of H-pyrrole nitrogens is 1. The Kier molecular flexibility index (Phi) is 2.87. The molecule has 2 heterocycles. The van der Waals surface area contributed by atoms with E-state index in [1.807, 2.05) is 0 Å². The summed E-state index contributed by atoms with van der Waals surface area (Å²) < 4.78 is 5.66. The average molecular weight is 286 g/mol. The SMILES string of the molecule is Cc1c(Oc2nc(N)nc3[nH]ncc23)cccc1[N+](=O)[O-]. The number of aromatic amines is 1. The summed E-state index contributed by atoms with van der Waals surface area (Å²) in [6.45, 7) is 1.60. The van der Waals surface area contributed by atoms with Crippen LogP contribution in [0, 0.1) is 17.0 Å². The minimum atomic E-state index is -0.468. The van der Waals surface area contributed by atoms with Gasteiger partial charge in [0.25, 0.3) is 5.69 Å². The van der Waals surface area contributed by atoms with Gasteiger partial charge in [-0.05, 0) is 13.0 Å². The van der Waals surface area contributed by atoms with Crippen LogP contribution >= 0.6 is 0 Å². The maximum atomic E-state index is 10.9. The fourth-order valence-corrected chi connectivity index (χ4v) is 1.92. The van der Waals surface area contributed by atoms with E-state index in [0.29, 0.717) is 22.3 Å². The number of nitrogens with zero attached hydrogens (tertiary/aromatic N) is 4. The minimum absolute atomic E-state index is 0.0184. The molecule has 0 spiro atoms. The summed E-state index contributed by atoms with van der Waals surface area (Å²) in [7, 11) is 0. The van der Waals surface area contributed by atoms with Crippen LogP contribution in [0.3, 0.4) is 0 Å². The number of hydrogen-bond acceptors (Lipinski definition) is 7. The molecule has 3 N–H and O–H groups in total. The molecule has 0 saturated heterocycles. The molecule has 0 atom stereocenters. The summed E-state index contributed by atoms with van der Waals surface area (Å²) in [5.74, 6) is 0.532. The lowest BCUT2D eigenvalue weighted by molar-refractivity contribution is -0.385. The van der Waals surface area contributed by atoms with Gasteiger partial charge in [0.2, 0.25) is 11.8 Å². The highest BCUT2D eigenvalue weighted by atomic mass is 16.6. The number of nitrogens with two attached hydrogens (primary N) is 1. The predicted octanol–water partition coefficient (Wildman–Crippen LogP) is 1.94. The van der Waals surface area contributed by atoms with E-state index in [-0.39, 0.29) is 17.5 Å². The molecular weight excluding hydrogens is 276 g/mol. The first kappa shape index (κ1) is 12.8. The van der Waals surface area contributed by atoms with Crippen molar-refractivity contribution in [2.75, 3.05) is 5.73 Å². The van der Waals surface area contributed by atoms with Crippen molar-refractivity contribution >= 4 is 22.7 Å². The molecule has 9 nitrogen and oxygen atoms in total. The highest BCUT2D eigenvalue weighted by Gasteiger charge is 2.17. The van der Waals surface area contributed by atoms with Gasteiger partial charge in [0.15, 0.2) is 5.65 Å². The molecule has 21 heavy (non-hydrogen) atoms. The van der Waals surface area contributed by atoms with Gasteiger partial charge < -0.3 is 10.5 Å². The fraction of sp³-hybridized carbons (Fsp3) is 0.0833. The molecule has 0 saturated carbocycles. The minimum Gasteiger partial charge on any atom is -0.438 e. The summed E-state index contributed by atoms with van der Waals surface area (Å²) in [4.78, 5) is 18.4. The molecule has 0 aliphatic rings. The van der Waals surface area contributed by atoms with Gasteiger partial charge in [0, 0.05) is 6.07 Å². The second kappa shape index (κ2) is 4.71. The highest BCUT2D eigenvalue weighted by molar-refractivity contribution is 5.80. The van der Waals surface area contributed by atoms with Gasteiger partial charge in [-0.2, -0.15) is 15.1 Å². The lowest BCUT2D eigenvalue weighted by atomic mass is 10.2. The van der Waals surface area contributed by atoms with Gasteiger partial charge in [-0.15, -0.1) is 0 Å². The van der Waals surface area contributed by atoms with E-state index in [1.165, 1.54) is 18.3 Å². The molecule has 0 bridgehead atoms. The van der Waals surface area contributed by atoms with Gasteiger partial charge in [0.05, 0.1) is 16.7 Å². The summed E-state index contributed by atoms with van der Waals surface area (Å²) in [5, 5.41) is 18.0. The Morgan fingerprint density at radius 1 is 1.38 bits per heavy atom. The van der Waals surface area contributed by atoms with Crippen molar-refractivity contribution in [3.63, 3.8) is 0 Å². The van der Waals surface area contributed by atoms with Crippen LogP contribution in [0.4, 0.5) is 11.6 Å². The van der Waals surface area contributed by atoms with Crippen molar-refractivity contribution < 1.29 is 9.66 Å². The zero-order valence-electron chi connectivity index (χ0n) is 10.9. The molecule has 3 rings (SSSR count). The number of rotatable bonds is 3. The van der Waals surface area contributed by atoms with Crippen molar-refractivity contribution in [2.45, 2.75) is 6.92 Å². The Morgan fingerprint density at radius 2 is 2.19 bits per heavy atom. The lowest BCUT2D eigenvalue weighted by Crippen LogP contribution is -1.99. The molecule has 0 amide bonds. The molecule has 0 radical (unpaired) electrons. The highest BCUT2D eigenvalue weighted by Crippen LogP contribution is 2.32. The zero-order chi connectivity index (χ0) is 15.0. The maximum absolute atomic E-state index is 10.9. The standard InChI is InChI=1S/C12H10N6O3/c1-6-8(18(19)20)3-2-4-9(6)21-11-7-5-14-17-10(7)15-12(13)16-11/h2-5H,1H3,(H3,13,14,15,16,17). The average Bonchev–Trinajstić information content (AvgIpc) is 2.88. The number of aromatic nitrogens is 4. The Morgan fingerprint density at radius 3 is 2.95 bits per heavy atom. The number of ether oxygens (including phenoxy) is 1. The number of nitro benzene ring substituents is 1. The van der Waals surface area contributed by atoms with Crippen molar-refractivity contribution in [2.24, 2.45) is 0 Å². The van der Waals surface area contributed by atoms with Gasteiger partial charge in [-0.25, -0.2) is 0 Å². The van der Waals surface area contributed by atoms with Crippen molar-refractivity contribution in [1.82, 2.24) is 20.2 Å². The third-order valence-electron chi connectivity index (χ3n) is 2.95. The summed E-state index contributed by atoms with van der Waals surface area (Å²) in [5.41, 5.74) is 6.40. The second-order valence-corrected chi connectivity index (χ2v) is 4.28. The molecule has 0 aliphatic heterocycles. The monoisotopic (exact) mass is 286 g/mol. The van der Waals surface area contributed by atoms with Crippen LogP contribution in [0.2, 0.25) is 0 Å². The van der Waals surface area contributed by atoms with Gasteiger partial charge in [-0.1, -0.05) is 6.07 Å². The molecule has 0 aliphatic carbocycles. The molecule has 2 aromatic heterocycles. The maximum Gasteiger partial charge on any atom is 0.276 e. The molecule has 0 unspecified atom stereocenters. The Balaban J connectivity index is 2.09. The molecule has 1 aromatic carbocycles. The number of anilines is 1. The number of fused-ring (bicyclic) bond motifs is 1. The molecule has 106 valence electrons. The van der Waals surface area contributed by atoms with Crippen LogP contribution in [-0.2, 0) is 0 Å². The number of benzene rings is 1. The third-order valence-corrected chi connectivity index (χ3v) is 2.95. The lowest BCUT2D eigenvalue weighted by Gasteiger charge is -2.08. The van der Waals surface area contributed by atoms with E-state index < -0.39 is 4.92 Å². The predicted molar refractivity (Wildman–Crippen MR) is 74.0 cm³/mol. The summed E-state index contributed by atoms with van der Waals surface area (Å²) in [6.07, 6.45) is 1.50. The van der Waals surface area contributed by atoms with Crippen molar-refractivity contribution in [3.8, 4) is 11.6 Å². The topological polar surface area (TPSA) is 133 Å². The Hall–Kier alpha value is -3.23. The van der Waals surface area contributed by atoms with Gasteiger partial charge in [-0.3, -0.25) is 15.2 Å². The van der Waals surface area contributed by atoms with E-state index >= 15 is 0 Å². The quantitative estimate of drug-likeness (QED) is 0.555. The summed E-state index contributed by atoms with van der Waals surface area (Å²) >= 11 is 0. The largest absolute Gasteiger partial charge is 0.438 e. The van der Waals surface area contributed by atoms with E-state index in [1.54, 1.807) is 13.0 Å². The number of hydrogen-bond donors (Lipinski definition) is 2. The van der Waals surface area contributed by atoms with Crippen LogP contribution < -0.4 is 10.5 Å².